The molecule has 4 nitrogen and oxygen atoms in total. The maximum atomic E-state index is 5.52. The quantitative estimate of drug-likeness (QED) is 0.860. The summed E-state index contributed by atoms with van der Waals surface area (Å²) in [5.41, 5.74) is 7.86. The minimum atomic E-state index is 0.665. The van der Waals surface area contributed by atoms with Gasteiger partial charge in [0.05, 0.1) is 10.7 Å². The monoisotopic (exact) mass is 262 g/mol. The minimum absolute atomic E-state index is 0.665. The molecular formula is C13H18N4S. The van der Waals surface area contributed by atoms with Gasteiger partial charge in [0, 0.05) is 37.3 Å². The van der Waals surface area contributed by atoms with Crippen molar-refractivity contribution in [2.24, 2.45) is 5.73 Å². The number of pyridine rings is 1. The first-order valence-corrected chi connectivity index (χ1v) is 6.86. The average Bonchev–Trinajstić information content (AvgIpc) is 2.78. The Hall–Kier alpha value is -1.30. The standard InChI is InChI=1S/C13H18N4S/c1-17(8-11-3-2-6-15-7-11)9-12-10-18-13(16-12)4-5-14/h2-3,6-7,10H,4-5,8-9,14H2,1H3. The molecule has 0 aliphatic rings. The Morgan fingerprint density at radius 1 is 1.39 bits per heavy atom. The van der Waals surface area contributed by atoms with Gasteiger partial charge >= 0.3 is 0 Å². The third-order valence-electron chi connectivity index (χ3n) is 2.56. The molecule has 0 saturated heterocycles. The Morgan fingerprint density at radius 3 is 3.00 bits per heavy atom. The number of nitrogens with zero attached hydrogens (tertiary/aromatic N) is 3. The molecule has 0 radical (unpaired) electrons. The normalized spacial score (nSPS) is 11.1. The third-order valence-corrected chi connectivity index (χ3v) is 3.52. The Balaban J connectivity index is 1.88. The summed E-state index contributed by atoms with van der Waals surface area (Å²) in [6.07, 6.45) is 4.57. The lowest BCUT2D eigenvalue weighted by atomic mass is 10.2. The Labute approximate surface area is 111 Å². The Kier molecular flexibility index (Phi) is 4.81. The molecule has 0 amide bonds. The van der Waals surface area contributed by atoms with Crippen molar-refractivity contribution < 1.29 is 0 Å². The van der Waals surface area contributed by atoms with Crippen molar-refractivity contribution in [3.8, 4) is 0 Å². The fraction of sp³-hybridized carbons (Fsp3) is 0.385. The van der Waals surface area contributed by atoms with Gasteiger partial charge in [0.2, 0.25) is 0 Å². The van der Waals surface area contributed by atoms with Crippen LogP contribution in [0.2, 0.25) is 0 Å². The molecule has 0 aromatic carbocycles. The highest BCUT2D eigenvalue weighted by atomic mass is 32.1. The van der Waals surface area contributed by atoms with Crippen LogP contribution in [0, 0.1) is 0 Å². The lowest BCUT2D eigenvalue weighted by Crippen LogP contribution is -2.17. The smallest absolute Gasteiger partial charge is 0.0941 e. The Bertz CT molecular complexity index is 469. The number of aromatic nitrogens is 2. The molecule has 0 bridgehead atoms. The molecule has 0 aliphatic heterocycles. The van der Waals surface area contributed by atoms with E-state index >= 15 is 0 Å². The van der Waals surface area contributed by atoms with Crippen LogP contribution in [0.4, 0.5) is 0 Å². The van der Waals surface area contributed by atoms with E-state index in [1.807, 2.05) is 12.3 Å². The van der Waals surface area contributed by atoms with Gasteiger partial charge in [-0.05, 0) is 25.2 Å². The second-order valence-corrected chi connectivity index (χ2v) is 5.25. The van der Waals surface area contributed by atoms with Crippen LogP contribution in [0.15, 0.2) is 29.9 Å². The van der Waals surface area contributed by atoms with E-state index in [1.165, 1.54) is 5.56 Å². The fourth-order valence-electron chi connectivity index (χ4n) is 1.80. The molecule has 0 aliphatic carbocycles. The van der Waals surface area contributed by atoms with Crippen LogP contribution >= 0.6 is 11.3 Å². The van der Waals surface area contributed by atoms with Crippen molar-refractivity contribution in [2.45, 2.75) is 19.5 Å². The zero-order valence-electron chi connectivity index (χ0n) is 10.5. The molecule has 2 aromatic rings. The largest absolute Gasteiger partial charge is 0.330 e. The van der Waals surface area contributed by atoms with Crippen molar-refractivity contribution in [1.29, 1.82) is 0 Å². The van der Waals surface area contributed by atoms with Gasteiger partial charge in [-0.25, -0.2) is 4.98 Å². The summed E-state index contributed by atoms with van der Waals surface area (Å²) in [5.74, 6) is 0. The van der Waals surface area contributed by atoms with E-state index in [0.717, 1.165) is 30.2 Å². The highest BCUT2D eigenvalue weighted by Gasteiger charge is 2.05. The molecule has 2 N–H and O–H groups in total. The molecule has 2 aromatic heterocycles. The molecule has 5 heteroatoms. The number of rotatable bonds is 6. The van der Waals surface area contributed by atoms with Crippen LogP contribution in [0.25, 0.3) is 0 Å². The summed E-state index contributed by atoms with van der Waals surface area (Å²) in [6.45, 7) is 2.41. The molecule has 2 heterocycles. The number of hydrogen-bond donors (Lipinski definition) is 1. The van der Waals surface area contributed by atoms with Crippen molar-refractivity contribution in [3.63, 3.8) is 0 Å². The van der Waals surface area contributed by atoms with Crippen LogP contribution in [0.1, 0.15) is 16.3 Å². The average molecular weight is 262 g/mol. The molecule has 96 valence electrons. The molecule has 0 atom stereocenters. The van der Waals surface area contributed by atoms with E-state index in [-0.39, 0.29) is 0 Å². The van der Waals surface area contributed by atoms with E-state index in [2.05, 4.69) is 33.4 Å². The Morgan fingerprint density at radius 2 is 2.28 bits per heavy atom. The molecule has 0 saturated carbocycles. The maximum absolute atomic E-state index is 5.52. The van der Waals surface area contributed by atoms with Gasteiger partial charge in [-0.1, -0.05) is 6.07 Å². The summed E-state index contributed by atoms with van der Waals surface area (Å²) in [5, 5.41) is 3.24. The van der Waals surface area contributed by atoms with Gasteiger partial charge in [-0.3, -0.25) is 9.88 Å². The SMILES string of the molecule is CN(Cc1cccnc1)Cc1csc(CCN)n1. The molecule has 2 rings (SSSR count). The highest BCUT2D eigenvalue weighted by molar-refractivity contribution is 7.09. The second-order valence-electron chi connectivity index (χ2n) is 4.30. The van der Waals surface area contributed by atoms with E-state index < -0.39 is 0 Å². The number of thiazole rings is 1. The summed E-state index contributed by atoms with van der Waals surface area (Å²) in [4.78, 5) is 10.9. The van der Waals surface area contributed by atoms with E-state index in [4.69, 9.17) is 5.73 Å². The van der Waals surface area contributed by atoms with Gasteiger partial charge in [0.1, 0.15) is 0 Å². The van der Waals surface area contributed by atoms with E-state index in [0.29, 0.717) is 6.54 Å². The van der Waals surface area contributed by atoms with Crippen LogP contribution in [-0.2, 0) is 19.5 Å². The first-order valence-electron chi connectivity index (χ1n) is 5.98. The predicted octanol–water partition coefficient (Wildman–Crippen LogP) is 1.67. The van der Waals surface area contributed by atoms with Crippen LogP contribution < -0.4 is 5.73 Å². The molecular weight excluding hydrogens is 244 g/mol. The second kappa shape index (κ2) is 6.58. The lowest BCUT2D eigenvalue weighted by molar-refractivity contribution is 0.315. The third kappa shape index (κ3) is 3.87. The van der Waals surface area contributed by atoms with Gasteiger partial charge in [-0.15, -0.1) is 11.3 Å². The van der Waals surface area contributed by atoms with Crippen LogP contribution in [-0.4, -0.2) is 28.5 Å². The van der Waals surface area contributed by atoms with Crippen molar-refractivity contribution in [1.82, 2.24) is 14.9 Å². The summed E-state index contributed by atoms with van der Waals surface area (Å²) >= 11 is 1.69. The van der Waals surface area contributed by atoms with Gasteiger partial charge in [-0.2, -0.15) is 0 Å². The first-order chi connectivity index (χ1) is 8.78. The van der Waals surface area contributed by atoms with Crippen LogP contribution in [0.5, 0.6) is 0 Å². The minimum Gasteiger partial charge on any atom is -0.330 e. The molecule has 18 heavy (non-hydrogen) atoms. The highest BCUT2D eigenvalue weighted by Crippen LogP contribution is 2.12. The predicted molar refractivity (Wildman–Crippen MR) is 74.3 cm³/mol. The van der Waals surface area contributed by atoms with E-state index in [1.54, 1.807) is 17.5 Å². The number of hydrogen-bond acceptors (Lipinski definition) is 5. The van der Waals surface area contributed by atoms with Crippen molar-refractivity contribution >= 4 is 11.3 Å². The van der Waals surface area contributed by atoms with Gasteiger partial charge < -0.3 is 5.73 Å². The lowest BCUT2D eigenvalue weighted by Gasteiger charge is -2.14. The fourth-order valence-corrected chi connectivity index (χ4v) is 2.60. The summed E-state index contributed by atoms with van der Waals surface area (Å²) in [7, 11) is 2.09. The zero-order chi connectivity index (χ0) is 12.8. The van der Waals surface area contributed by atoms with E-state index in [9.17, 15) is 0 Å². The summed E-state index contributed by atoms with van der Waals surface area (Å²) < 4.78 is 0. The first kappa shape index (κ1) is 13.1. The van der Waals surface area contributed by atoms with Crippen LogP contribution in [0.3, 0.4) is 0 Å². The van der Waals surface area contributed by atoms with Crippen molar-refractivity contribution in [3.05, 3.63) is 46.2 Å². The van der Waals surface area contributed by atoms with Crippen molar-refractivity contribution in [2.75, 3.05) is 13.6 Å². The molecule has 0 fully saturated rings. The number of nitrogens with two attached hydrogens (primary N) is 1. The maximum Gasteiger partial charge on any atom is 0.0941 e. The molecule has 0 spiro atoms. The zero-order valence-corrected chi connectivity index (χ0v) is 11.4. The van der Waals surface area contributed by atoms with Gasteiger partial charge in [0.25, 0.3) is 0 Å². The topological polar surface area (TPSA) is 55.0 Å². The van der Waals surface area contributed by atoms with Gasteiger partial charge in [0.15, 0.2) is 0 Å². The summed E-state index contributed by atoms with van der Waals surface area (Å²) in [6, 6.07) is 4.05. The molecule has 0 unspecified atom stereocenters.